The Labute approximate surface area is 123 Å². The Morgan fingerprint density at radius 2 is 2.25 bits per heavy atom. The second-order valence-electron chi connectivity index (χ2n) is 4.84. The highest BCUT2D eigenvalue weighted by molar-refractivity contribution is 6.70. The molecule has 0 aromatic rings. The lowest BCUT2D eigenvalue weighted by Crippen LogP contribution is -2.23. The largest absolute Gasteiger partial charge is 0.461 e. The van der Waals surface area contributed by atoms with Crippen molar-refractivity contribution in [3.8, 4) is 6.07 Å². The van der Waals surface area contributed by atoms with E-state index in [1.165, 1.54) is 31.7 Å². The molecule has 0 atom stereocenters. The summed E-state index contributed by atoms with van der Waals surface area (Å²) in [6.45, 7) is 0.363. The van der Waals surface area contributed by atoms with E-state index in [4.69, 9.17) is 21.6 Å². The maximum absolute atomic E-state index is 12.0. The fraction of sp³-hybridized carbons (Fsp3) is 0.500. The maximum Gasteiger partial charge on any atom is 0.351 e. The normalized spacial score (nSPS) is 21.5. The van der Waals surface area contributed by atoms with Gasteiger partial charge in [-0.05, 0) is 18.8 Å². The van der Waals surface area contributed by atoms with E-state index in [9.17, 15) is 4.79 Å². The van der Waals surface area contributed by atoms with Crippen molar-refractivity contribution in [2.75, 3.05) is 6.61 Å². The lowest BCUT2D eigenvalue weighted by Gasteiger charge is -2.21. The standard InChI is InChI=1S/C14H16ClN3O2/c15-13-12(17-6-7-18-13)11(8-16)14(19)20-9-10-4-2-1-3-5-10/h6-7,10,17H,1-5,9H2. The van der Waals surface area contributed by atoms with Gasteiger partial charge in [-0.25, -0.2) is 9.79 Å². The van der Waals surface area contributed by atoms with Crippen LogP contribution in [0.2, 0.25) is 0 Å². The molecule has 0 saturated heterocycles. The Balaban J connectivity index is 1.99. The molecule has 0 spiro atoms. The summed E-state index contributed by atoms with van der Waals surface area (Å²) in [6, 6.07) is 1.83. The molecule has 0 aromatic carbocycles. The Morgan fingerprint density at radius 1 is 1.50 bits per heavy atom. The summed E-state index contributed by atoms with van der Waals surface area (Å²) >= 11 is 5.87. The van der Waals surface area contributed by atoms with Gasteiger partial charge in [-0.3, -0.25) is 0 Å². The van der Waals surface area contributed by atoms with Crippen LogP contribution in [0.25, 0.3) is 0 Å². The summed E-state index contributed by atoms with van der Waals surface area (Å²) < 4.78 is 5.24. The third-order valence-corrected chi connectivity index (χ3v) is 3.72. The number of rotatable bonds is 3. The first-order valence-electron chi connectivity index (χ1n) is 6.69. The van der Waals surface area contributed by atoms with E-state index in [-0.39, 0.29) is 16.4 Å². The summed E-state index contributed by atoms with van der Waals surface area (Å²) in [5.41, 5.74) is 0.0595. The number of ether oxygens (including phenoxy) is 1. The molecule has 1 N–H and O–H groups in total. The number of aliphatic imine (C=N–C) groups is 1. The lowest BCUT2D eigenvalue weighted by molar-refractivity contribution is -0.140. The first kappa shape index (κ1) is 14.6. The number of allylic oxidation sites excluding steroid dienone is 1. The van der Waals surface area contributed by atoms with Gasteiger partial charge in [0.2, 0.25) is 0 Å². The molecule has 0 radical (unpaired) electrons. The van der Waals surface area contributed by atoms with Crippen molar-refractivity contribution in [1.82, 2.24) is 5.32 Å². The molecule has 20 heavy (non-hydrogen) atoms. The van der Waals surface area contributed by atoms with Crippen LogP contribution in [0.4, 0.5) is 0 Å². The molecule has 2 rings (SSSR count). The molecule has 0 unspecified atom stereocenters. The van der Waals surface area contributed by atoms with E-state index in [1.807, 2.05) is 6.07 Å². The molecule has 1 fully saturated rings. The molecular weight excluding hydrogens is 278 g/mol. The fourth-order valence-electron chi connectivity index (χ4n) is 2.35. The molecule has 1 heterocycles. The average molecular weight is 294 g/mol. The lowest BCUT2D eigenvalue weighted by atomic mass is 9.90. The number of hydrogen-bond donors (Lipinski definition) is 1. The molecule has 0 aromatic heterocycles. The summed E-state index contributed by atoms with van der Waals surface area (Å²) in [5.74, 6) is -0.245. The van der Waals surface area contributed by atoms with E-state index in [0.717, 1.165) is 12.8 Å². The Hall–Kier alpha value is -1.80. The molecule has 106 valence electrons. The first-order valence-corrected chi connectivity index (χ1v) is 7.07. The quantitative estimate of drug-likeness (QED) is 0.493. The smallest absolute Gasteiger partial charge is 0.351 e. The van der Waals surface area contributed by atoms with Gasteiger partial charge in [-0.1, -0.05) is 30.9 Å². The van der Waals surface area contributed by atoms with Crippen molar-refractivity contribution in [2.45, 2.75) is 32.1 Å². The van der Waals surface area contributed by atoms with Crippen LogP contribution in [0, 0.1) is 17.2 Å². The van der Waals surface area contributed by atoms with Crippen molar-refractivity contribution in [2.24, 2.45) is 10.9 Å². The summed E-state index contributed by atoms with van der Waals surface area (Å²) in [7, 11) is 0. The van der Waals surface area contributed by atoms with Gasteiger partial charge in [0.15, 0.2) is 10.7 Å². The third kappa shape index (κ3) is 3.61. The summed E-state index contributed by atoms with van der Waals surface area (Å²) in [6.07, 6.45) is 8.73. The molecule has 5 nitrogen and oxygen atoms in total. The predicted molar refractivity (Wildman–Crippen MR) is 75.7 cm³/mol. The van der Waals surface area contributed by atoms with Crippen molar-refractivity contribution in [3.63, 3.8) is 0 Å². The number of carbonyl (C=O) groups is 1. The summed E-state index contributed by atoms with van der Waals surface area (Å²) in [4.78, 5) is 15.8. The number of halogens is 1. The van der Waals surface area contributed by atoms with Crippen LogP contribution in [-0.2, 0) is 9.53 Å². The van der Waals surface area contributed by atoms with Gasteiger partial charge in [0, 0.05) is 12.4 Å². The summed E-state index contributed by atoms with van der Waals surface area (Å²) in [5, 5.41) is 12.0. The molecule has 1 aliphatic carbocycles. The number of nitrogens with zero attached hydrogens (tertiary/aromatic N) is 2. The average Bonchev–Trinajstić information content (AvgIpc) is 2.49. The van der Waals surface area contributed by atoms with Gasteiger partial charge in [-0.2, -0.15) is 5.26 Å². The van der Waals surface area contributed by atoms with Gasteiger partial charge in [-0.15, -0.1) is 0 Å². The van der Waals surface area contributed by atoms with Gasteiger partial charge in [0.1, 0.15) is 11.8 Å². The molecule has 0 amide bonds. The second kappa shape index (κ2) is 7.11. The monoisotopic (exact) mass is 293 g/mol. The van der Waals surface area contributed by atoms with Crippen molar-refractivity contribution in [3.05, 3.63) is 23.7 Å². The van der Waals surface area contributed by atoms with Crippen LogP contribution in [0.15, 0.2) is 28.7 Å². The van der Waals surface area contributed by atoms with Crippen LogP contribution < -0.4 is 5.32 Å². The van der Waals surface area contributed by atoms with Gasteiger partial charge in [0.25, 0.3) is 0 Å². The van der Waals surface area contributed by atoms with E-state index < -0.39 is 5.97 Å². The van der Waals surface area contributed by atoms with Crippen molar-refractivity contribution >= 4 is 22.7 Å². The van der Waals surface area contributed by atoms with Gasteiger partial charge < -0.3 is 10.1 Å². The van der Waals surface area contributed by atoms with Crippen LogP contribution in [0.3, 0.4) is 0 Å². The zero-order valence-electron chi connectivity index (χ0n) is 11.1. The number of hydrogen-bond acceptors (Lipinski definition) is 5. The molecule has 6 heteroatoms. The maximum atomic E-state index is 12.0. The Bertz CT molecular complexity index is 511. The van der Waals surface area contributed by atoms with Crippen LogP contribution >= 0.6 is 11.6 Å². The van der Waals surface area contributed by atoms with E-state index in [1.54, 1.807) is 0 Å². The third-order valence-electron chi connectivity index (χ3n) is 3.44. The minimum Gasteiger partial charge on any atom is -0.461 e. The number of nitriles is 1. The molecule has 1 aliphatic heterocycles. The molecular formula is C14H16ClN3O2. The highest BCUT2D eigenvalue weighted by atomic mass is 35.5. The van der Waals surface area contributed by atoms with Gasteiger partial charge >= 0.3 is 5.97 Å². The van der Waals surface area contributed by atoms with Crippen LogP contribution in [-0.4, -0.2) is 17.7 Å². The van der Waals surface area contributed by atoms with Crippen molar-refractivity contribution < 1.29 is 9.53 Å². The van der Waals surface area contributed by atoms with Gasteiger partial charge in [0.05, 0.1) is 6.61 Å². The second-order valence-corrected chi connectivity index (χ2v) is 5.20. The van der Waals surface area contributed by atoms with Crippen molar-refractivity contribution in [1.29, 1.82) is 5.26 Å². The highest BCUT2D eigenvalue weighted by Gasteiger charge is 2.22. The number of esters is 1. The predicted octanol–water partition coefficient (Wildman–Crippen LogP) is 2.60. The Morgan fingerprint density at radius 3 is 2.90 bits per heavy atom. The molecule has 1 saturated carbocycles. The first-order chi connectivity index (χ1) is 9.72. The molecule has 0 bridgehead atoms. The van der Waals surface area contributed by atoms with E-state index in [2.05, 4.69) is 10.3 Å². The fourth-order valence-corrected chi connectivity index (χ4v) is 2.55. The zero-order chi connectivity index (χ0) is 14.4. The highest BCUT2D eigenvalue weighted by Crippen LogP contribution is 2.24. The number of nitrogens with one attached hydrogen (secondary N) is 1. The SMILES string of the molecule is N#CC(C(=O)OCC1CCCCC1)=C1NC=CN=C1Cl. The minimum atomic E-state index is -0.649. The van der Waals surface area contributed by atoms with Crippen LogP contribution in [0.1, 0.15) is 32.1 Å². The van der Waals surface area contributed by atoms with E-state index >= 15 is 0 Å². The van der Waals surface area contributed by atoms with Crippen LogP contribution in [0.5, 0.6) is 0 Å². The minimum absolute atomic E-state index is 0.0821. The molecule has 2 aliphatic rings. The topological polar surface area (TPSA) is 74.5 Å². The Kier molecular flexibility index (Phi) is 5.19. The zero-order valence-corrected chi connectivity index (χ0v) is 11.8. The number of carbonyl (C=O) groups excluding carboxylic acids is 1. The van der Waals surface area contributed by atoms with E-state index in [0.29, 0.717) is 12.5 Å².